The predicted octanol–water partition coefficient (Wildman–Crippen LogP) is 5.01. The van der Waals surface area contributed by atoms with Gasteiger partial charge in [-0.3, -0.25) is 0 Å². The lowest BCUT2D eigenvalue weighted by atomic mass is 10.2. The van der Waals surface area contributed by atoms with Crippen molar-refractivity contribution in [2.24, 2.45) is 0 Å². The summed E-state index contributed by atoms with van der Waals surface area (Å²) in [5.74, 6) is 0.110. The van der Waals surface area contributed by atoms with Crippen LogP contribution in [0.2, 0.25) is 10.0 Å². The minimum atomic E-state index is -0.469. The molecular weight excluding hydrogens is 337 g/mol. The van der Waals surface area contributed by atoms with E-state index in [0.717, 1.165) is 5.56 Å². The van der Waals surface area contributed by atoms with Gasteiger partial charge in [0.25, 0.3) is 0 Å². The van der Waals surface area contributed by atoms with E-state index in [1.54, 1.807) is 42.5 Å². The van der Waals surface area contributed by atoms with E-state index in [2.05, 4.69) is 5.16 Å². The minimum Gasteiger partial charge on any atom is -0.455 e. The molecule has 0 saturated heterocycles. The van der Waals surface area contributed by atoms with Gasteiger partial charge >= 0.3 is 5.97 Å². The standard InChI is InChI=1S/C17H11Cl2NO3/c18-13-6-4-11(5-7-13)16-9-15(20-23-16)10-22-17(21)12-2-1-3-14(19)8-12/h1-9H,10H2. The highest BCUT2D eigenvalue weighted by Gasteiger charge is 2.11. The molecule has 0 aliphatic heterocycles. The summed E-state index contributed by atoms with van der Waals surface area (Å²) in [4.78, 5) is 11.9. The zero-order valence-corrected chi connectivity index (χ0v) is 13.3. The number of ether oxygens (including phenoxy) is 1. The lowest BCUT2D eigenvalue weighted by Crippen LogP contribution is -2.05. The zero-order valence-electron chi connectivity index (χ0n) is 11.8. The Morgan fingerprint density at radius 3 is 2.57 bits per heavy atom. The van der Waals surface area contributed by atoms with Crippen LogP contribution in [0.3, 0.4) is 0 Å². The van der Waals surface area contributed by atoms with Crippen molar-refractivity contribution in [3.63, 3.8) is 0 Å². The lowest BCUT2D eigenvalue weighted by Gasteiger charge is -2.02. The molecule has 0 unspecified atom stereocenters. The number of nitrogens with zero attached hydrogens (tertiary/aromatic N) is 1. The van der Waals surface area contributed by atoms with E-state index in [4.69, 9.17) is 32.5 Å². The molecule has 3 rings (SSSR count). The fourth-order valence-electron chi connectivity index (χ4n) is 1.97. The van der Waals surface area contributed by atoms with Gasteiger partial charge in [-0.1, -0.05) is 34.4 Å². The Bertz CT molecular complexity index is 828. The Balaban J connectivity index is 1.65. The monoisotopic (exact) mass is 347 g/mol. The van der Waals surface area contributed by atoms with E-state index in [9.17, 15) is 4.79 Å². The van der Waals surface area contributed by atoms with Gasteiger partial charge in [-0.2, -0.15) is 0 Å². The second-order valence-electron chi connectivity index (χ2n) is 4.78. The first-order valence-electron chi connectivity index (χ1n) is 6.76. The molecule has 0 amide bonds. The topological polar surface area (TPSA) is 52.3 Å². The molecule has 0 atom stereocenters. The molecule has 1 aromatic heterocycles. The normalized spacial score (nSPS) is 10.5. The van der Waals surface area contributed by atoms with Gasteiger partial charge in [-0.05, 0) is 42.5 Å². The lowest BCUT2D eigenvalue weighted by molar-refractivity contribution is 0.0464. The van der Waals surface area contributed by atoms with E-state index in [1.807, 2.05) is 12.1 Å². The van der Waals surface area contributed by atoms with Crippen LogP contribution < -0.4 is 0 Å². The predicted molar refractivity (Wildman–Crippen MR) is 87.5 cm³/mol. The summed E-state index contributed by atoms with van der Waals surface area (Å²) in [6, 6.07) is 15.4. The molecule has 0 fully saturated rings. The molecule has 1 heterocycles. The van der Waals surface area contributed by atoms with Crippen molar-refractivity contribution in [3.8, 4) is 11.3 Å². The Morgan fingerprint density at radius 2 is 1.83 bits per heavy atom. The molecule has 23 heavy (non-hydrogen) atoms. The Hall–Kier alpha value is -2.30. The molecule has 2 aromatic carbocycles. The van der Waals surface area contributed by atoms with Crippen molar-refractivity contribution in [2.75, 3.05) is 0 Å². The summed E-state index contributed by atoms with van der Waals surface area (Å²) < 4.78 is 10.4. The largest absolute Gasteiger partial charge is 0.455 e. The number of esters is 1. The molecule has 6 heteroatoms. The second kappa shape index (κ2) is 6.86. The van der Waals surface area contributed by atoms with Crippen LogP contribution in [0.15, 0.2) is 59.1 Å². The SMILES string of the molecule is O=C(OCc1cc(-c2ccc(Cl)cc2)on1)c1cccc(Cl)c1. The van der Waals surface area contributed by atoms with Crippen molar-refractivity contribution in [1.29, 1.82) is 0 Å². The van der Waals surface area contributed by atoms with Crippen molar-refractivity contribution < 1.29 is 14.1 Å². The van der Waals surface area contributed by atoms with Crippen molar-refractivity contribution in [2.45, 2.75) is 6.61 Å². The molecule has 0 aliphatic carbocycles. The zero-order chi connectivity index (χ0) is 16.2. The Kier molecular flexibility index (Phi) is 4.65. The molecule has 4 nitrogen and oxygen atoms in total. The third-order valence-electron chi connectivity index (χ3n) is 3.10. The molecule has 0 saturated carbocycles. The van der Waals surface area contributed by atoms with Crippen LogP contribution in [0.25, 0.3) is 11.3 Å². The number of carbonyl (C=O) groups excluding carboxylic acids is 1. The maximum atomic E-state index is 11.9. The van der Waals surface area contributed by atoms with E-state index in [0.29, 0.717) is 27.1 Å². The first-order chi connectivity index (χ1) is 11.1. The smallest absolute Gasteiger partial charge is 0.338 e. The number of aromatic nitrogens is 1. The molecule has 0 radical (unpaired) electrons. The number of hydrogen-bond donors (Lipinski definition) is 0. The minimum absolute atomic E-state index is 0.0163. The quantitative estimate of drug-likeness (QED) is 0.622. The van der Waals surface area contributed by atoms with Gasteiger partial charge in [0.2, 0.25) is 0 Å². The van der Waals surface area contributed by atoms with Gasteiger partial charge in [0.15, 0.2) is 5.76 Å². The first-order valence-corrected chi connectivity index (χ1v) is 7.51. The number of hydrogen-bond acceptors (Lipinski definition) is 4. The van der Waals surface area contributed by atoms with Gasteiger partial charge in [-0.25, -0.2) is 4.79 Å². The molecule has 0 N–H and O–H groups in total. The molecule has 0 spiro atoms. The highest BCUT2D eigenvalue weighted by molar-refractivity contribution is 6.31. The summed E-state index contributed by atoms with van der Waals surface area (Å²) in [7, 11) is 0. The molecule has 116 valence electrons. The summed E-state index contributed by atoms with van der Waals surface area (Å²) in [6.07, 6.45) is 0. The van der Waals surface area contributed by atoms with Crippen LogP contribution in [-0.4, -0.2) is 11.1 Å². The molecule has 0 aliphatic rings. The van der Waals surface area contributed by atoms with Crippen LogP contribution in [0.4, 0.5) is 0 Å². The average molecular weight is 348 g/mol. The maximum Gasteiger partial charge on any atom is 0.338 e. The Labute approximate surface area is 142 Å². The Morgan fingerprint density at radius 1 is 1.04 bits per heavy atom. The third kappa shape index (κ3) is 3.92. The maximum absolute atomic E-state index is 11.9. The number of benzene rings is 2. The van der Waals surface area contributed by atoms with Crippen molar-refractivity contribution in [3.05, 3.63) is 75.9 Å². The number of rotatable bonds is 4. The fraction of sp³-hybridized carbons (Fsp3) is 0.0588. The average Bonchev–Trinajstić information content (AvgIpc) is 3.02. The third-order valence-corrected chi connectivity index (χ3v) is 3.59. The van der Waals surface area contributed by atoms with Crippen LogP contribution >= 0.6 is 23.2 Å². The van der Waals surface area contributed by atoms with Gasteiger partial charge in [0.1, 0.15) is 12.3 Å². The van der Waals surface area contributed by atoms with Gasteiger partial charge in [0, 0.05) is 21.7 Å². The van der Waals surface area contributed by atoms with E-state index in [1.165, 1.54) is 0 Å². The summed E-state index contributed by atoms with van der Waals surface area (Å²) >= 11 is 11.7. The highest BCUT2D eigenvalue weighted by atomic mass is 35.5. The summed E-state index contributed by atoms with van der Waals surface area (Å²) in [6.45, 7) is 0.0163. The number of halogens is 2. The molecule has 0 bridgehead atoms. The second-order valence-corrected chi connectivity index (χ2v) is 5.65. The first kappa shape index (κ1) is 15.6. The van der Waals surface area contributed by atoms with Crippen molar-refractivity contribution in [1.82, 2.24) is 5.16 Å². The number of carbonyl (C=O) groups is 1. The van der Waals surface area contributed by atoms with Gasteiger partial charge in [0.05, 0.1) is 5.56 Å². The van der Waals surface area contributed by atoms with Gasteiger partial charge < -0.3 is 9.26 Å². The van der Waals surface area contributed by atoms with Crippen LogP contribution in [0.5, 0.6) is 0 Å². The summed E-state index contributed by atoms with van der Waals surface area (Å²) in [5.41, 5.74) is 1.75. The summed E-state index contributed by atoms with van der Waals surface area (Å²) in [5, 5.41) is 5.01. The molecular formula is C17H11Cl2NO3. The van der Waals surface area contributed by atoms with Crippen LogP contribution in [0, 0.1) is 0 Å². The van der Waals surface area contributed by atoms with E-state index >= 15 is 0 Å². The van der Waals surface area contributed by atoms with Gasteiger partial charge in [-0.15, -0.1) is 0 Å². The fourth-order valence-corrected chi connectivity index (χ4v) is 2.28. The van der Waals surface area contributed by atoms with Crippen molar-refractivity contribution >= 4 is 29.2 Å². The van der Waals surface area contributed by atoms with Crippen LogP contribution in [-0.2, 0) is 11.3 Å². The molecule has 3 aromatic rings. The van der Waals surface area contributed by atoms with Crippen LogP contribution in [0.1, 0.15) is 16.1 Å². The van der Waals surface area contributed by atoms with E-state index in [-0.39, 0.29) is 6.61 Å². The highest BCUT2D eigenvalue weighted by Crippen LogP contribution is 2.22. The van der Waals surface area contributed by atoms with E-state index < -0.39 is 5.97 Å².